The zero-order valence-corrected chi connectivity index (χ0v) is 17.1. The Labute approximate surface area is 161 Å². The molecule has 1 aliphatic heterocycles. The van der Waals surface area contributed by atoms with Crippen molar-refractivity contribution in [3.8, 4) is 17.2 Å². The number of oxazole rings is 1. The average molecular weight is 371 g/mol. The first kappa shape index (κ1) is 19.4. The Kier molecular flexibility index (Phi) is 5.56. The van der Waals surface area contributed by atoms with Gasteiger partial charge in [0, 0.05) is 45.2 Å². The monoisotopic (exact) mass is 371 g/mol. The van der Waals surface area contributed by atoms with Gasteiger partial charge in [-0.05, 0) is 50.5 Å². The molecule has 1 atom stereocenters. The van der Waals surface area contributed by atoms with E-state index in [-0.39, 0.29) is 11.9 Å². The Bertz CT molecular complexity index is 843. The van der Waals surface area contributed by atoms with Gasteiger partial charge in [0.25, 0.3) is 0 Å². The third-order valence-corrected chi connectivity index (χ3v) is 5.53. The molecule has 0 N–H and O–H groups in total. The van der Waals surface area contributed by atoms with E-state index in [0.717, 1.165) is 59.9 Å². The maximum absolute atomic E-state index is 11.6. The molecule has 1 aromatic heterocycles. The molecular formula is C21H29N3O3. The molecule has 0 aliphatic carbocycles. The third-order valence-electron chi connectivity index (χ3n) is 5.53. The molecule has 0 radical (unpaired) electrons. The summed E-state index contributed by atoms with van der Waals surface area (Å²) < 4.78 is 11.4. The summed E-state index contributed by atoms with van der Waals surface area (Å²) in [6.07, 6.45) is 0.997. The first-order valence-corrected chi connectivity index (χ1v) is 9.37. The maximum Gasteiger partial charge on any atom is 0.226 e. The third kappa shape index (κ3) is 4.00. The number of aromatic nitrogens is 1. The fraction of sp³-hybridized carbons (Fsp3) is 0.524. The number of likely N-dealkylation sites (tertiary alicyclic amines) is 1. The Morgan fingerprint density at radius 1 is 1.33 bits per heavy atom. The summed E-state index contributed by atoms with van der Waals surface area (Å²) in [5.74, 6) is 2.49. The number of ether oxygens (including phenoxy) is 1. The lowest BCUT2D eigenvalue weighted by atomic mass is 10.0. The number of carbonyl (C=O) groups is 1. The molecule has 1 amide bonds. The Morgan fingerprint density at radius 3 is 2.74 bits per heavy atom. The summed E-state index contributed by atoms with van der Waals surface area (Å²) in [4.78, 5) is 20.5. The van der Waals surface area contributed by atoms with Crippen molar-refractivity contribution in [2.24, 2.45) is 0 Å². The molecule has 1 fully saturated rings. The summed E-state index contributed by atoms with van der Waals surface area (Å²) in [6.45, 7) is 10.2. The number of hydrogen-bond donors (Lipinski definition) is 0. The fourth-order valence-electron chi connectivity index (χ4n) is 3.67. The van der Waals surface area contributed by atoms with Crippen molar-refractivity contribution in [1.29, 1.82) is 0 Å². The second-order valence-corrected chi connectivity index (χ2v) is 7.47. The largest absolute Gasteiger partial charge is 0.496 e. The number of amides is 1. The van der Waals surface area contributed by atoms with Crippen LogP contribution in [0.1, 0.15) is 35.9 Å². The normalized spacial score (nSPS) is 17.3. The van der Waals surface area contributed by atoms with E-state index in [1.165, 1.54) is 0 Å². The molecule has 0 unspecified atom stereocenters. The first-order chi connectivity index (χ1) is 12.8. The summed E-state index contributed by atoms with van der Waals surface area (Å²) >= 11 is 0. The molecule has 3 rings (SSSR count). The highest BCUT2D eigenvalue weighted by Gasteiger charge is 2.28. The summed E-state index contributed by atoms with van der Waals surface area (Å²) in [5.41, 5.74) is 4.10. The minimum absolute atomic E-state index is 0.118. The molecule has 0 spiro atoms. The molecule has 0 saturated carbocycles. The van der Waals surface area contributed by atoms with Crippen molar-refractivity contribution in [1.82, 2.24) is 14.8 Å². The maximum atomic E-state index is 11.6. The van der Waals surface area contributed by atoms with Crippen LogP contribution in [0.2, 0.25) is 0 Å². The highest BCUT2D eigenvalue weighted by atomic mass is 16.5. The van der Waals surface area contributed by atoms with Gasteiger partial charge in [-0.2, -0.15) is 0 Å². The number of hydrogen-bond acceptors (Lipinski definition) is 5. The number of likely N-dealkylation sites (N-methyl/N-ethyl adjacent to an activating group) is 1. The molecule has 6 nitrogen and oxygen atoms in total. The van der Waals surface area contributed by atoms with E-state index >= 15 is 0 Å². The lowest BCUT2D eigenvalue weighted by Crippen LogP contribution is -2.37. The van der Waals surface area contributed by atoms with Crippen LogP contribution in [0.4, 0.5) is 0 Å². The zero-order chi connectivity index (χ0) is 19.7. The van der Waals surface area contributed by atoms with Crippen LogP contribution in [-0.2, 0) is 11.3 Å². The summed E-state index contributed by atoms with van der Waals surface area (Å²) in [7, 11) is 3.56. The number of aryl methyl sites for hydroxylation is 3. The highest BCUT2D eigenvalue weighted by Crippen LogP contribution is 2.31. The van der Waals surface area contributed by atoms with Crippen LogP contribution in [0.3, 0.4) is 0 Å². The van der Waals surface area contributed by atoms with E-state index in [4.69, 9.17) is 14.1 Å². The Morgan fingerprint density at radius 2 is 2.07 bits per heavy atom. The fourth-order valence-corrected chi connectivity index (χ4v) is 3.67. The van der Waals surface area contributed by atoms with Gasteiger partial charge in [-0.25, -0.2) is 4.98 Å². The molecule has 6 heteroatoms. The molecular weight excluding hydrogens is 342 g/mol. The lowest BCUT2D eigenvalue weighted by Gasteiger charge is -2.23. The van der Waals surface area contributed by atoms with Crippen LogP contribution in [0.15, 0.2) is 16.5 Å². The highest BCUT2D eigenvalue weighted by molar-refractivity contribution is 5.73. The van der Waals surface area contributed by atoms with Crippen molar-refractivity contribution in [3.05, 3.63) is 34.7 Å². The SMILES string of the molecule is COc1cc(C)c(-c2nc(CN3CC[C@H](N(C)C(C)=O)C3)c(C)o2)cc1C. The number of carbonyl (C=O) groups excluding carboxylic acids is 1. The average Bonchev–Trinajstić information content (AvgIpc) is 3.23. The number of rotatable bonds is 5. The molecule has 146 valence electrons. The van der Waals surface area contributed by atoms with Crippen molar-refractivity contribution >= 4 is 5.91 Å². The van der Waals surface area contributed by atoms with Gasteiger partial charge in [0.05, 0.1) is 12.8 Å². The molecule has 2 heterocycles. The summed E-state index contributed by atoms with van der Waals surface area (Å²) in [6, 6.07) is 4.37. The van der Waals surface area contributed by atoms with Crippen LogP contribution < -0.4 is 4.74 Å². The predicted molar refractivity (Wildman–Crippen MR) is 105 cm³/mol. The van der Waals surface area contributed by atoms with Crippen LogP contribution in [-0.4, -0.2) is 54.0 Å². The van der Waals surface area contributed by atoms with Crippen molar-refractivity contribution in [3.63, 3.8) is 0 Å². The molecule has 2 aromatic rings. The van der Waals surface area contributed by atoms with E-state index in [0.29, 0.717) is 5.89 Å². The number of methoxy groups -OCH3 is 1. The predicted octanol–water partition coefficient (Wildman–Crippen LogP) is 3.33. The summed E-state index contributed by atoms with van der Waals surface area (Å²) in [5, 5.41) is 0. The topological polar surface area (TPSA) is 58.8 Å². The molecule has 1 aromatic carbocycles. The van der Waals surface area contributed by atoms with E-state index in [1.54, 1.807) is 14.0 Å². The second kappa shape index (κ2) is 7.72. The van der Waals surface area contributed by atoms with Crippen LogP contribution in [0.5, 0.6) is 5.75 Å². The number of benzene rings is 1. The number of nitrogens with zero attached hydrogens (tertiary/aromatic N) is 3. The zero-order valence-electron chi connectivity index (χ0n) is 17.1. The van der Waals surface area contributed by atoms with Gasteiger partial charge in [-0.3, -0.25) is 9.69 Å². The first-order valence-electron chi connectivity index (χ1n) is 9.37. The molecule has 27 heavy (non-hydrogen) atoms. The quantitative estimate of drug-likeness (QED) is 0.807. The van der Waals surface area contributed by atoms with Gasteiger partial charge in [0.15, 0.2) is 0 Å². The Hall–Kier alpha value is -2.34. The van der Waals surface area contributed by atoms with Gasteiger partial charge in [-0.1, -0.05) is 0 Å². The van der Waals surface area contributed by atoms with E-state index in [9.17, 15) is 4.79 Å². The van der Waals surface area contributed by atoms with E-state index in [2.05, 4.69) is 11.0 Å². The minimum atomic E-state index is 0.118. The molecule has 1 aliphatic rings. The second-order valence-electron chi connectivity index (χ2n) is 7.47. The van der Waals surface area contributed by atoms with Gasteiger partial charge in [0.1, 0.15) is 11.5 Å². The molecule has 0 bridgehead atoms. The minimum Gasteiger partial charge on any atom is -0.496 e. The van der Waals surface area contributed by atoms with E-state index < -0.39 is 0 Å². The Balaban J connectivity index is 1.76. The van der Waals surface area contributed by atoms with Crippen molar-refractivity contribution in [2.75, 3.05) is 27.2 Å². The van der Waals surface area contributed by atoms with Crippen molar-refractivity contribution in [2.45, 2.75) is 46.7 Å². The van der Waals surface area contributed by atoms with Crippen LogP contribution >= 0.6 is 0 Å². The van der Waals surface area contributed by atoms with Crippen LogP contribution in [0.25, 0.3) is 11.5 Å². The van der Waals surface area contributed by atoms with Gasteiger partial charge < -0.3 is 14.1 Å². The van der Waals surface area contributed by atoms with Crippen LogP contribution in [0, 0.1) is 20.8 Å². The molecule has 1 saturated heterocycles. The van der Waals surface area contributed by atoms with E-state index in [1.807, 2.05) is 38.8 Å². The van der Waals surface area contributed by atoms with Crippen molar-refractivity contribution < 1.29 is 13.9 Å². The smallest absolute Gasteiger partial charge is 0.226 e. The van der Waals surface area contributed by atoms with Gasteiger partial charge in [0.2, 0.25) is 11.8 Å². The standard InChI is InChI=1S/C21H29N3O3/c1-13-10-20(26-6)14(2)9-18(13)21-22-19(15(3)27-21)12-24-8-7-17(11-24)23(5)16(4)25/h9-10,17H,7-8,11-12H2,1-6H3/t17-/m0/s1. The lowest BCUT2D eigenvalue weighted by molar-refractivity contribution is -0.129. The van der Waals surface area contributed by atoms with Gasteiger partial charge >= 0.3 is 0 Å². The van der Waals surface area contributed by atoms with Gasteiger partial charge in [-0.15, -0.1) is 0 Å².